The van der Waals surface area contributed by atoms with E-state index in [-0.39, 0.29) is 29.9 Å². The second-order valence-corrected chi connectivity index (χ2v) is 8.93. The number of rotatable bonds is 11. The maximum Gasteiger partial charge on any atom is 0.242 e. The van der Waals surface area contributed by atoms with Crippen LogP contribution in [0.15, 0.2) is 42.5 Å². The first kappa shape index (κ1) is 25.5. The van der Waals surface area contributed by atoms with E-state index in [1.165, 1.54) is 22.7 Å². The number of hydrogen-bond donors (Lipinski definition) is 1. The second-order valence-electron chi connectivity index (χ2n) is 7.13. The van der Waals surface area contributed by atoms with Gasteiger partial charge in [0.25, 0.3) is 0 Å². The molecule has 0 spiro atoms. The molecule has 0 aliphatic carbocycles. The maximum atomic E-state index is 14.0. The van der Waals surface area contributed by atoms with Gasteiger partial charge in [-0.15, -0.1) is 11.8 Å². The smallest absolute Gasteiger partial charge is 0.242 e. The molecule has 0 radical (unpaired) electrons. The Kier molecular flexibility index (Phi) is 10.6. The number of unbranched alkanes of at least 4 members (excludes halogenated alkanes) is 1. The van der Waals surface area contributed by atoms with E-state index in [0.717, 1.165) is 18.4 Å². The zero-order chi connectivity index (χ0) is 22.8. The molecular formula is C23H27Cl2FN2O2S. The summed E-state index contributed by atoms with van der Waals surface area (Å²) in [6, 6.07) is 11.1. The zero-order valence-electron chi connectivity index (χ0n) is 17.7. The van der Waals surface area contributed by atoms with Crippen molar-refractivity contribution in [2.24, 2.45) is 0 Å². The first-order valence-corrected chi connectivity index (χ1v) is 12.1. The number of halogens is 3. The lowest BCUT2D eigenvalue weighted by Crippen LogP contribution is -2.48. The van der Waals surface area contributed by atoms with Gasteiger partial charge in [0.05, 0.1) is 5.75 Å². The standard InChI is InChI=1S/C23H27Cl2FN2O2S/c1-3-4-12-27-23(30)16(2)28(13-17-8-5-6-9-19(17)24)22(29)15-31-14-18-20(25)10-7-11-21(18)26/h5-11,16H,3-4,12-15H2,1-2H3,(H,27,30)/t16-/m1/s1. The molecule has 0 aromatic heterocycles. The summed E-state index contributed by atoms with van der Waals surface area (Å²) < 4.78 is 14.0. The molecule has 0 heterocycles. The fourth-order valence-corrected chi connectivity index (χ4v) is 4.37. The average Bonchev–Trinajstić information content (AvgIpc) is 2.74. The normalized spacial score (nSPS) is 11.8. The van der Waals surface area contributed by atoms with Crippen LogP contribution in [0.5, 0.6) is 0 Å². The molecule has 2 amide bonds. The van der Waals surface area contributed by atoms with Gasteiger partial charge in [-0.2, -0.15) is 0 Å². The predicted octanol–water partition coefficient (Wildman–Crippen LogP) is 5.70. The van der Waals surface area contributed by atoms with Crippen molar-refractivity contribution >= 4 is 46.8 Å². The molecule has 0 fully saturated rings. The Balaban J connectivity index is 2.09. The summed E-state index contributed by atoms with van der Waals surface area (Å²) in [5.41, 5.74) is 1.12. The SMILES string of the molecule is CCCCNC(=O)[C@@H](C)N(Cc1ccccc1Cl)C(=O)CSCc1c(F)cccc1Cl. The third-order valence-electron chi connectivity index (χ3n) is 4.83. The van der Waals surface area contributed by atoms with E-state index < -0.39 is 11.9 Å². The average molecular weight is 485 g/mol. The largest absolute Gasteiger partial charge is 0.354 e. The first-order chi connectivity index (χ1) is 14.8. The highest BCUT2D eigenvalue weighted by Crippen LogP contribution is 2.25. The molecule has 0 aliphatic rings. The minimum absolute atomic E-state index is 0.0850. The minimum atomic E-state index is -0.668. The van der Waals surface area contributed by atoms with E-state index in [4.69, 9.17) is 23.2 Å². The van der Waals surface area contributed by atoms with Crippen LogP contribution in [-0.2, 0) is 21.9 Å². The van der Waals surface area contributed by atoms with E-state index in [9.17, 15) is 14.0 Å². The Labute approximate surface area is 197 Å². The molecule has 0 saturated carbocycles. The predicted molar refractivity (Wildman–Crippen MR) is 127 cm³/mol. The first-order valence-electron chi connectivity index (χ1n) is 10.2. The fraction of sp³-hybridized carbons (Fsp3) is 0.391. The Morgan fingerprint density at radius 1 is 1.13 bits per heavy atom. The van der Waals surface area contributed by atoms with Crippen LogP contribution >= 0.6 is 35.0 Å². The van der Waals surface area contributed by atoms with Crippen molar-refractivity contribution < 1.29 is 14.0 Å². The van der Waals surface area contributed by atoms with Crippen LogP contribution in [0.25, 0.3) is 0 Å². The Bertz CT molecular complexity index is 877. The van der Waals surface area contributed by atoms with Gasteiger partial charge in [0, 0.05) is 34.5 Å². The Morgan fingerprint density at radius 3 is 2.52 bits per heavy atom. The number of nitrogens with one attached hydrogen (secondary N) is 1. The van der Waals surface area contributed by atoms with Gasteiger partial charge in [0.15, 0.2) is 0 Å². The molecule has 2 aromatic carbocycles. The molecule has 0 unspecified atom stereocenters. The van der Waals surface area contributed by atoms with Crippen molar-refractivity contribution in [2.75, 3.05) is 12.3 Å². The van der Waals surface area contributed by atoms with Crippen molar-refractivity contribution in [3.63, 3.8) is 0 Å². The van der Waals surface area contributed by atoms with Crippen LogP contribution in [0.2, 0.25) is 10.0 Å². The van der Waals surface area contributed by atoms with Gasteiger partial charge in [0.1, 0.15) is 11.9 Å². The molecule has 0 bridgehead atoms. The fourth-order valence-electron chi connectivity index (χ4n) is 2.92. The number of hydrogen-bond acceptors (Lipinski definition) is 3. The quantitative estimate of drug-likeness (QED) is 0.416. The summed E-state index contributed by atoms with van der Waals surface area (Å²) in [6.07, 6.45) is 1.84. The summed E-state index contributed by atoms with van der Waals surface area (Å²) in [5.74, 6) is -0.494. The summed E-state index contributed by atoms with van der Waals surface area (Å²) in [4.78, 5) is 27.2. The van der Waals surface area contributed by atoms with Crippen molar-refractivity contribution in [3.05, 3.63) is 69.5 Å². The molecule has 1 N–H and O–H groups in total. The lowest BCUT2D eigenvalue weighted by atomic mass is 10.1. The lowest BCUT2D eigenvalue weighted by Gasteiger charge is -2.29. The minimum Gasteiger partial charge on any atom is -0.354 e. The lowest BCUT2D eigenvalue weighted by molar-refractivity contribution is -0.138. The number of thioether (sulfide) groups is 1. The molecule has 2 aromatic rings. The maximum absolute atomic E-state index is 14.0. The number of benzene rings is 2. The number of amides is 2. The van der Waals surface area contributed by atoms with E-state index in [1.807, 2.05) is 25.1 Å². The van der Waals surface area contributed by atoms with Gasteiger partial charge in [0.2, 0.25) is 11.8 Å². The molecule has 0 saturated heterocycles. The summed E-state index contributed by atoms with van der Waals surface area (Å²) in [7, 11) is 0. The van der Waals surface area contributed by atoms with E-state index in [1.54, 1.807) is 25.1 Å². The zero-order valence-corrected chi connectivity index (χ0v) is 20.0. The van der Waals surface area contributed by atoms with Gasteiger partial charge in [-0.3, -0.25) is 9.59 Å². The molecular weight excluding hydrogens is 458 g/mol. The molecule has 2 rings (SSSR count). The highest BCUT2D eigenvalue weighted by Gasteiger charge is 2.26. The second kappa shape index (κ2) is 12.9. The van der Waals surface area contributed by atoms with Crippen LogP contribution in [0, 0.1) is 5.82 Å². The highest BCUT2D eigenvalue weighted by atomic mass is 35.5. The van der Waals surface area contributed by atoms with Crippen LogP contribution in [0.3, 0.4) is 0 Å². The number of carbonyl (C=O) groups excluding carboxylic acids is 2. The van der Waals surface area contributed by atoms with Gasteiger partial charge >= 0.3 is 0 Å². The Hall–Kier alpha value is -1.76. The van der Waals surface area contributed by atoms with Crippen LogP contribution in [-0.4, -0.2) is 35.1 Å². The number of carbonyl (C=O) groups is 2. The monoisotopic (exact) mass is 484 g/mol. The van der Waals surface area contributed by atoms with Crippen molar-refractivity contribution in [1.29, 1.82) is 0 Å². The summed E-state index contributed by atoms with van der Waals surface area (Å²) in [6.45, 7) is 4.52. The van der Waals surface area contributed by atoms with Gasteiger partial charge < -0.3 is 10.2 Å². The van der Waals surface area contributed by atoms with Crippen LogP contribution in [0.4, 0.5) is 4.39 Å². The highest BCUT2D eigenvalue weighted by molar-refractivity contribution is 7.99. The van der Waals surface area contributed by atoms with Gasteiger partial charge in [-0.1, -0.05) is 60.8 Å². The third-order valence-corrected chi connectivity index (χ3v) is 6.50. The van der Waals surface area contributed by atoms with E-state index in [0.29, 0.717) is 22.2 Å². The van der Waals surface area contributed by atoms with Crippen molar-refractivity contribution in [1.82, 2.24) is 10.2 Å². The number of nitrogens with zero attached hydrogens (tertiary/aromatic N) is 1. The van der Waals surface area contributed by atoms with Gasteiger partial charge in [-0.25, -0.2) is 4.39 Å². The molecule has 0 aliphatic heterocycles. The summed E-state index contributed by atoms with van der Waals surface area (Å²) >= 11 is 13.6. The van der Waals surface area contributed by atoms with E-state index >= 15 is 0 Å². The molecule has 168 valence electrons. The van der Waals surface area contributed by atoms with Gasteiger partial charge in [-0.05, 0) is 37.1 Å². The van der Waals surface area contributed by atoms with Crippen LogP contribution < -0.4 is 5.32 Å². The topological polar surface area (TPSA) is 49.4 Å². The molecule has 31 heavy (non-hydrogen) atoms. The van der Waals surface area contributed by atoms with E-state index in [2.05, 4.69) is 5.32 Å². The molecule has 1 atom stereocenters. The third kappa shape index (κ3) is 7.70. The summed E-state index contributed by atoms with van der Waals surface area (Å²) in [5, 5.41) is 3.74. The molecule has 4 nitrogen and oxygen atoms in total. The van der Waals surface area contributed by atoms with Crippen molar-refractivity contribution in [2.45, 2.75) is 45.0 Å². The van der Waals surface area contributed by atoms with Crippen molar-refractivity contribution in [3.8, 4) is 0 Å². The Morgan fingerprint density at radius 2 is 1.84 bits per heavy atom. The molecule has 8 heteroatoms. The van der Waals surface area contributed by atoms with Crippen LogP contribution in [0.1, 0.15) is 37.8 Å².